The van der Waals surface area contributed by atoms with Crippen LogP contribution in [0.15, 0.2) is 0 Å². The molecule has 7 heteroatoms. The Morgan fingerprint density at radius 1 is 1.38 bits per heavy atom. The largest absolute Gasteiger partial charge is 0.382 e. The van der Waals surface area contributed by atoms with E-state index in [2.05, 4.69) is 12.2 Å². The number of carbonyl (C=O) groups excluding carboxylic acids is 3. The molecule has 0 unspecified atom stereocenters. The van der Waals surface area contributed by atoms with E-state index in [-0.39, 0.29) is 19.1 Å². The van der Waals surface area contributed by atoms with Crippen LogP contribution in [0.25, 0.3) is 0 Å². The van der Waals surface area contributed by atoms with Crippen molar-refractivity contribution in [2.75, 3.05) is 33.4 Å². The molecule has 0 saturated carbocycles. The molecule has 0 aromatic heterocycles. The van der Waals surface area contributed by atoms with Crippen LogP contribution in [0.2, 0.25) is 0 Å². The van der Waals surface area contributed by atoms with E-state index in [0.29, 0.717) is 19.0 Å². The summed E-state index contributed by atoms with van der Waals surface area (Å²) in [5.41, 5.74) is -1.08. The molecule has 2 aliphatic rings. The molecule has 1 N–H and O–H groups in total. The molecule has 0 bridgehead atoms. The summed E-state index contributed by atoms with van der Waals surface area (Å²) >= 11 is 0. The number of carbonyl (C=O) groups is 3. The van der Waals surface area contributed by atoms with Crippen molar-refractivity contribution in [2.24, 2.45) is 5.92 Å². The summed E-state index contributed by atoms with van der Waals surface area (Å²) in [7, 11) is 1.47. The molecule has 2 saturated heterocycles. The van der Waals surface area contributed by atoms with Crippen LogP contribution in [-0.4, -0.2) is 66.5 Å². The molecule has 7 nitrogen and oxygen atoms in total. The van der Waals surface area contributed by atoms with Gasteiger partial charge in [0.15, 0.2) is 0 Å². The van der Waals surface area contributed by atoms with Gasteiger partial charge in [0.25, 0.3) is 5.91 Å². The molecule has 2 fully saturated rings. The lowest BCUT2D eigenvalue weighted by atomic mass is 9.99. The minimum Gasteiger partial charge on any atom is -0.382 e. The maximum Gasteiger partial charge on any atom is 0.325 e. The van der Waals surface area contributed by atoms with Crippen molar-refractivity contribution >= 4 is 17.8 Å². The van der Waals surface area contributed by atoms with Gasteiger partial charge >= 0.3 is 6.03 Å². The van der Waals surface area contributed by atoms with Crippen LogP contribution in [0, 0.1) is 5.92 Å². The molecule has 118 valence electrons. The molecule has 0 aromatic carbocycles. The number of rotatable bonds is 4. The lowest BCUT2D eigenvalue weighted by molar-refractivity contribution is -0.140. The first-order valence-corrected chi connectivity index (χ1v) is 7.28. The second-order valence-electron chi connectivity index (χ2n) is 6.15. The Balaban J connectivity index is 1.98. The van der Waals surface area contributed by atoms with Crippen molar-refractivity contribution in [1.29, 1.82) is 0 Å². The Bertz CT molecular complexity index is 446. The summed E-state index contributed by atoms with van der Waals surface area (Å²) in [4.78, 5) is 39.2. The van der Waals surface area contributed by atoms with Gasteiger partial charge in [-0.25, -0.2) is 4.79 Å². The standard InChI is InChI=1S/C14H23N3O4/c1-10-4-6-16(7-5-10)11(18)8-17-12(19)14(2,9-21-3)15-13(17)20/h10H,4-9H2,1-3H3,(H,15,20)/t14-/m0/s1. The van der Waals surface area contributed by atoms with Gasteiger partial charge in [0.2, 0.25) is 5.91 Å². The van der Waals surface area contributed by atoms with Crippen molar-refractivity contribution in [2.45, 2.75) is 32.2 Å². The van der Waals surface area contributed by atoms with Crippen LogP contribution in [0.3, 0.4) is 0 Å². The minimum atomic E-state index is -1.08. The number of piperidine rings is 1. The van der Waals surface area contributed by atoms with Gasteiger partial charge in [0.05, 0.1) is 6.61 Å². The van der Waals surface area contributed by atoms with E-state index in [1.165, 1.54) is 7.11 Å². The third kappa shape index (κ3) is 3.18. The summed E-state index contributed by atoms with van der Waals surface area (Å²) < 4.78 is 4.97. The van der Waals surface area contributed by atoms with E-state index >= 15 is 0 Å². The Hall–Kier alpha value is -1.63. The molecule has 1 atom stereocenters. The summed E-state index contributed by atoms with van der Waals surface area (Å²) in [5.74, 6) is 0.0379. The highest BCUT2D eigenvalue weighted by atomic mass is 16.5. The molecule has 0 radical (unpaired) electrons. The summed E-state index contributed by atoms with van der Waals surface area (Å²) in [6.45, 7) is 5.04. The van der Waals surface area contributed by atoms with Gasteiger partial charge < -0.3 is 15.0 Å². The highest BCUT2D eigenvalue weighted by Gasteiger charge is 2.48. The number of imide groups is 1. The fourth-order valence-corrected chi connectivity index (χ4v) is 2.77. The maximum absolute atomic E-state index is 12.3. The van der Waals surface area contributed by atoms with E-state index in [1.807, 2.05) is 0 Å². The van der Waals surface area contributed by atoms with Crippen LogP contribution in [-0.2, 0) is 14.3 Å². The number of nitrogens with one attached hydrogen (secondary N) is 1. The Morgan fingerprint density at radius 3 is 2.57 bits per heavy atom. The molecule has 0 spiro atoms. The molecule has 0 aromatic rings. The highest BCUT2D eigenvalue weighted by molar-refractivity contribution is 6.08. The predicted molar refractivity (Wildman–Crippen MR) is 75.5 cm³/mol. The van der Waals surface area contributed by atoms with Crippen molar-refractivity contribution < 1.29 is 19.1 Å². The Morgan fingerprint density at radius 2 is 2.00 bits per heavy atom. The van der Waals surface area contributed by atoms with Gasteiger partial charge in [0, 0.05) is 20.2 Å². The zero-order valence-corrected chi connectivity index (χ0v) is 12.8. The topological polar surface area (TPSA) is 79.0 Å². The number of methoxy groups -OCH3 is 1. The molecular formula is C14H23N3O4. The van der Waals surface area contributed by atoms with Crippen LogP contribution in [0.5, 0.6) is 0 Å². The lowest BCUT2D eigenvalue weighted by Crippen LogP contribution is -2.49. The summed E-state index contributed by atoms with van der Waals surface area (Å²) in [5, 5.41) is 2.59. The number of hydrogen-bond acceptors (Lipinski definition) is 4. The minimum absolute atomic E-state index is 0.0868. The molecular weight excluding hydrogens is 274 g/mol. The molecule has 2 rings (SSSR count). The van der Waals surface area contributed by atoms with Gasteiger partial charge in [-0.05, 0) is 25.7 Å². The highest BCUT2D eigenvalue weighted by Crippen LogP contribution is 2.20. The molecule has 4 amide bonds. The molecule has 21 heavy (non-hydrogen) atoms. The third-order valence-corrected chi connectivity index (χ3v) is 4.21. The predicted octanol–water partition coefficient (Wildman–Crippen LogP) is 0.202. The van der Waals surface area contributed by atoms with Crippen LogP contribution in [0.1, 0.15) is 26.7 Å². The third-order valence-electron chi connectivity index (χ3n) is 4.21. The zero-order chi connectivity index (χ0) is 15.6. The number of hydrogen-bond donors (Lipinski definition) is 1. The quantitative estimate of drug-likeness (QED) is 0.752. The van der Waals surface area contributed by atoms with E-state index in [1.54, 1.807) is 11.8 Å². The van der Waals surface area contributed by atoms with Gasteiger partial charge in [-0.15, -0.1) is 0 Å². The van der Waals surface area contributed by atoms with E-state index in [4.69, 9.17) is 4.74 Å². The average molecular weight is 297 g/mol. The fourth-order valence-electron chi connectivity index (χ4n) is 2.77. The van der Waals surface area contributed by atoms with Crippen LogP contribution >= 0.6 is 0 Å². The first-order valence-electron chi connectivity index (χ1n) is 7.28. The summed E-state index contributed by atoms with van der Waals surface area (Å²) in [6.07, 6.45) is 1.93. The number of ether oxygens (including phenoxy) is 1. The van der Waals surface area contributed by atoms with Crippen LogP contribution in [0.4, 0.5) is 4.79 Å². The molecule has 2 aliphatic heterocycles. The first-order chi connectivity index (χ1) is 9.87. The maximum atomic E-state index is 12.3. The van der Waals surface area contributed by atoms with E-state index < -0.39 is 17.5 Å². The second-order valence-corrected chi connectivity index (χ2v) is 6.15. The van der Waals surface area contributed by atoms with Gasteiger partial charge in [0.1, 0.15) is 12.1 Å². The van der Waals surface area contributed by atoms with Gasteiger partial charge in [-0.2, -0.15) is 0 Å². The molecule has 2 heterocycles. The first kappa shape index (κ1) is 15.8. The normalized spacial score (nSPS) is 27.2. The summed E-state index contributed by atoms with van der Waals surface area (Å²) in [6, 6.07) is -0.529. The Kier molecular flexibility index (Phi) is 4.51. The van der Waals surface area contributed by atoms with Crippen LogP contribution < -0.4 is 5.32 Å². The number of amides is 4. The van der Waals surface area contributed by atoms with E-state index in [0.717, 1.165) is 17.7 Å². The van der Waals surface area contributed by atoms with Gasteiger partial charge in [-0.3, -0.25) is 14.5 Å². The number of likely N-dealkylation sites (tertiary alicyclic amines) is 1. The van der Waals surface area contributed by atoms with Crippen molar-refractivity contribution in [3.8, 4) is 0 Å². The second kappa shape index (κ2) is 6.01. The fraction of sp³-hybridized carbons (Fsp3) is 0.786. The smallest absolute Gasteiger partial charge is 0.325 e. The Labute approximate surface area is 124 Å². The monoisotopic (exact) mass is 297 g/mol. The van der Waals surface area contributed by atoms with E-state index in [9.17, 15) is 14.4 Å². The SMILES string of the molecule is COC[C@]1(C)NC(=O)N(CC(=O)N2CCC(C)CC2)C1=O. The van der Waals surface area contributed by atoms with Crippen molar-refractivity contribution in [3.05, 3.63) is 0 Å². The lowest BCUT2D eigenvalue weighted by Gasteiger charge is -2.31. The number of urea groups is 1. The molecule has 0 aliphatic carbocycles. The average Bonchev–Trinajstić information content (AvgIpc) is 2.63. The van der Waals surface area contributed by atoms with Crippen molar-refractivity contribution in [3.63, 3.8) is 0 Å². The zero-order valence-electron chi connectivity index (χ0n) is 12.8. The van der Waals surface area contributed by atoms with Crippen molar-refractivity contribution in [1.82, 2.24) is 15.1 Å². The number of nitrogens with zero attached hydrogens (tertiary/aromatic N) is 2. The van der Waals surface area contributed by atoms with Gasteiger partial charge in [-0.1, -0.05) is 6.92 Å².